The van der Waals surface area contributed by atoms with E-state index in [4.69, 9.17) is 71.5 Å². The predicted octanol–water partition coefficient (Wildman–Crippen LogP) is -6.91. The van der Waals surface area contributed by atoms with Crippen molar-refractivity contribution in [1.82, 2.24) is 20.6 Å². The maximum atomic E-state index is 12.1. The maximum Gasteiger partial charge on any atom is 0.352 e. The summed E-state index contributed by atoms with van der Waals surface area (Å²) in [7, 11) is 0. The van der Waals surface area contributed by atoms with E-state index in [0.717, 1.165) is 12.1 Å². The van der Waals surface area contributed by atoms with Crippen LogP contribution in [0.1, 0.15) is 26.5 Å². The van der Waals surface area contributed by atoms with Gasteiger partial charge in [-0.1, -0.05) is 0 Å². The molecule has 0 spiro atoms. The summed E-state index contributed by atoms with van der Waals surface area (Å²) in [6, 6.07) is 3.21. The summed E-state index contributed by atoms with van der Waals surface area (Å²) in [5, 5.41) is 131. The molecule has 2 heterocycles. The van der Waals surface area contributed by atoms with E-state index < -0.39 is 124 Å². The van der Waals surface area contributed by atoms with Gasteiger partial charge in [-0.2, -0.15) is 0 Å². The number of hydrogen-bond acceptors (Lipinski definition) is 18. The highest BCUT2D eigenvalue weighted by molar-refractivity contribution is 6.01. The van der Waals surface area contributed by atoms with Gasteiger partial charge in [-0.25, -0.2) is 9.59 Å². The minimum atomic E-state index is -1.45. The van der Waals surface area contributed by atoms with Gasteiger partial charge in [-0.15, -0.1) is 0 Å². The third-order valence-electron chi connectivity index (χ3n) is 8.33. The molecule has 0 bridgehead atoms. The van der Waals surface area contributed by atoms with Gasteiger partial charge in [-0.3, -0.25) is 20.2 Å². The fraction of sp³-hybridized carbons (Fsp3) is 0.548. The van der Waals surface area contributed by atoms with Crippen LogP contribution in [0.15, 0.2) is 27.8 Å². The monoisotopic (exact) mass is 764 g/mol. The van der Waals surface area contributed by atoms with E-state index in [9.17, 15) is 19.2 Å². The van der Waals surface area contributed by atoms with Crippen molar-refractivity contribution in [3.8, 4) is 0 Å². The lowest BCUT2D eigenvalue weighted by Gasteiger charge is -2.39. The van der Waals surface area contributed by atoms with Gasteiger partial charge < -0.3 is 81.5 Å². The lowest BCUT2D eigenvalue weighted by Crippen LogP contribution is -2.68. The van der Waals surface area contributed by atoms with E-state index in [-0.39, 0.29) is 33.2 Å². The van der Waals surface area contributed by atoms with Crippen LogP contribution in [0.4, 0.5) is 0 Å². The van der Waals surface area contributed by atoms with E-state index in [1.54, 1.807) is 6.92 Å². The van der Waals surface area contributed by atoms with Crippen molar-refractivity contribution in [2.45, 2.75) is 29.1 Å². The van der Waals surface area contributed by atoms with Crippen molar-refractivity contribution in [3.63, 3.8) is 0 Å². The fourth-order valence-corrected chi connectivity index (χ4v) is 4.72. The van der Waals surface area contributed by atoms with Crippen molar-refractivity contribution < 1.29 is 81.1 Å². The molecule has 53 heavy (non-hydrogen) atoms. The van der Waals surface area contributed by atoms with E-state index in [0.29, 0.717) is 5.56 Å². The van der Waals surface area contributed by atoms with Crippen LogP contribution >= 0.6 is 0 Å². The molecule has 0 aliphatic rings. The van der Waals surface area contributed by atoms with Gasteiger partial charge in [0, 0.05) is 22.9 Å². The highest BCUT2D eigenvalue weighted by atomic mass is 16.4. The summed E-state index contributed by atoms with van der Waals surface area (Å²) in [4.78, 5) is 51.6. The van der Waals surface area contributed by atoms with Gasteiger partial charge in [0.05, 0.1) is 112 Å². The Kier molecular flexibility index (Phi) is 18.2. The number of carbonyl (C=O) groups is 2. The Bertz CT molecular complexity index is 1570. The first-order valence-corrected chi connectivity index (χ1v) is 15.5. The largest absolute Gasteiger partial charge is 0.477 e. The normalized spacial score (nSPS) is 12.2. The number of pyridine rings is 2. The molecular weight excluding hydrogens is 716 g/mol. The van der Waals surface area contributed by atoms with Crippen molar-refractivity contribution in [3.05, 3.63) is 55.6 Å². The molecule has 0 saturated carbocycles. The zero-order valence-electron chi connectivity index (χ0n) is 28.6. The molecule has 0 aliphatic carbocycles. The number of benzene rings is 1. The molecule has 2 aromatic heterocycles. The molecule has 18 N–H and O–H groups in total. The number of rotatable bonds is 18. The van der Waals surface area contributed by atoms with Crippen LogP contribution in [-0.4, -0.2) is 195 Å². The predicted molar refractivity (Wildman–Crippen MR) is 184 cm³/mol. The molecule has 0 aliphatic heterocycles. The standard InChI is InChI=1S/C15H10N2O6.2C8H19NO6/c1-5-12-6(10(18)3-8(16-12)14(20)21)2-7-11(19)4-9(15(22)23)17-13(5)7;2*10-1-7(2-11,3-12)9-8(4-13,5-14)6-15/h2-4H,1H3,(H,16,18)(H,17,19)(H,20,21)(H,22,23);2*9-15H,1-6H2. The Morgan fingerprint density at radius 2 is 0.717 bits per heavy atom. The first-order valence-electron chi connectivity index (χ1n) is 15.5. The second kappa shape index (κ2) is 20.5. The molecule has 0 unspecified atom stereocenters. The average molecular weight is 765 g/mol. The third-order valence-corrected chi connectivity index (χ3v) is 8.33. The summed E-state index contributed by atoms with van der Waals surface area (Å²) in [5.74, 6) is -2.59. The molecule has 3 aromatic rings. The highest BCUT2D eigenvalue weighted by Gasteiger charge is 2.40. The molecule has 0 atom stereocenters. The smallest absolute Gasteiger partial charge is 0.352 e. The number of carboxylic acid groups (broad SMARTS) is 2. The number of H-pyrrole nitrogens is 2. The molecule has 22 heteroatoms. The van der Waals surface area contributed by atoms with Gasteiger partial charge >= 0.3 is 11.9 Å². The lowest BCUT2D eigenvalue weighted by molar-refractivity contribution is -0.0310. The zero-order valence-corrected chi connectivity index (χ0v) is 28.6. The van der Waals surface area contributed by atoms with Crippen LogP contribution in [-0.2, 0) is 0 Å². The summed E-state index contributed by atoms with van der Waals surface area (Å²) in [6.07, 6.45) is 0. The number of nitrogens with one attached hydrogen (secondary N) is 4. The number of aliphatic hydroxyl groups is 12. The second-order valence-corrected chi connectivity index (χ2v) is 12.3. The minimum absolute atomic E-state index is 0.161. The number of aromatic carboxylic acids is 2. The Morgan fingerprint density at radius 1 is 0.491 bits per heavy atom. The summed E-state index contributed by atoms with van der Waals surface area (Å²) < 4.78 is 0. The fourth-order valence-electron chi connectivity index (χ4n) is 4.72. The van der Waals surface area contributed by atoms with Crippen molar-refractivity contribution in [2.24, 2.45) is 0 Å². The highest BCUT2D eigenvalue weighted by Crippen LogP contribution is 2.22. The first-order chi connectivity index (χ1) is 24.9. The quantitative estimate of drug-likeness (QED) is 0.0535. The number of carboxylic acids is 2. The van der Waals surface area contributed by atoms with Gasteiger partial charge in [0.1, 0.15) is 11.4 Å². The molecule has 0 fully saturated rings. The average Bonchev–Trinajstić information content (AvgIpc) is 3.18. The van der Waals surface area contributed by atoms with Crippen LogP contribution in [0.5, 0.6) is 0 Å². The molecule has 22 nitrogen and oxygen atoms in total. The Balaban J connectivity index is 0.000000416. The SMILES string of the molecule is Cc1c2[nH]c(C(=O)O)cc(=O)c2cc2c(=O)cc(C(=O)O)[nH]c12.OCC(CO)(CO)NC(CO)(CO)CO.OCC(CO)(CO)NC(CO)(CO)CO. The molecule has 0 amide bonds. The summed E-state index contributed by atoms with van der Waals surface area (Å²) >= 11 is 0. The van der Waals surface area contributed by atoms with Crippen LogP contribution in [0.2, 0.25) is 0 Å². The number of aromatic nitrogens is 2. The molecule has 300 valence electrons. The molecule has 1 aromatic carbocycles. The Hall–Kier alpha value is -3.98. The lowest BCUT2D eigenvalue weighted by atomic mass is 9.94. The van der Waals surface area contributed by atoms with Crippen LogP contribution in [0, 0.1) is 6.92 Å². The van der Waals surface area contributed by atoms with Crippen molar-refractivity contribution >= 4 is 33.7 Å². The van der Waals surface area contributed by atoms with E-state index in [1.807, 2.05) is 0 Å². The Labute approximate surface area is 299 Å². The van der Waals surface area contributed by atoms with Crippen LogP contribution in [0.3, 0.4) is 0 Å². The van der Waals surface area contributed by atoms with Gasteiger partial charge in [0.2, 0.25) is 0 Å². The number of aryl methyl sites for hydroxylation is 1. The number of fused-ring (bicyclic) bond motifs is 2. The van der Waals surface area contributed by atoms with Crippen LogP contribution in [0.25, 0.3) is 21.8 Å². The second-order valence-electron chi connectivity index (χ2n) is 12.3. The van der Waals surface area contributed by atoms with Gasteiger partial charge in [-0.05, 0) is 18.6 Å². The number of aromatic amines is 2. The van der Waals surface area contributed by atoms with E-state index in [1.165, 1.54) is 6.07 Å². The van der Waals surface area contributed by atoms with Gasteiger partial charge in [0.25, 0.3) is 0 Å². The minimum Gasteiger partial charge on any atom is -0.477 e. The van der Waals surface area contributed by atoms with Crippen LogP contribution < -0.4 is 21.5 Å². The number of aliphatic hydroxyl groups excluding tert-OH is 12. The Morgan fingerprint density at radius 3 is 0.906 bits per heavy atom. The maximum absolute atomic E-state index is 12.1. The molecule has 3 rings (SSSR count). The van der Waals surface area contributed by atoms with Crippen molar-refractivity contribution in [2.75, 3.05) is 79.3 Å². The number of hydrogen-bond donors (Lipinski definition) is 18. The topological polar surface area (TPSA) is 407 Å². The molecule has 0 saturated heterocycles. The van der Waals surface area contributed by atoms with Gasteiger partial charge in [0.15, 0.2) is 10.9 Å². The zero-order chi connectivity index (χ0) is 40.8. The van der Waals surface area contributed by atoms with E-state index >= 15 is 0 Å². The third kappa shape index (κ3) is 11.0. The summed E-state index contributed by atoms with van der Waals surface area (Å²) in [5.41, 5.74) is -6.60. The van der Waals surface area contributed by atoms with E-state index in [2.05, 4.69) is 20.6 Å². The first kappa shape index (κ1) is 47.0. The summed E-state index contributed by atoms with van der Waals surface area (Å²) in [6.45, 7) is -5.58. The molecular formula is C31H48N4O18. The molecule has 0 radical (unpaired) electrons. The van der Waals surface area contributed by atoms with Crippen molar-refractivity contribution in [1.29, 1.82) is 0 Å².